The molecule has 1 atom stereocenters. The molecule has 0 aliphatic carbocycles. The Kier molecular flexibility index (Phi) is 6.45. The molecule has 9 aromatic rings. The topological polar surface area (TPSA) is 59.5 Å². The second-order valence-electron chi connectivity index (χ2n) is 12.5. The normalized spacial score (nSPS) is 14.6. The van der Waals surface area contributed by atoms with Gasteiger partial charge in [-0.25, -0.2) is 15.0 Å². The molecule has 1 unspecified atom stereocenters. The predicted octanol–water partition coefficient (Wildman–Crippen LogP) is 9.77. The molecule has 6 aromatic carbocycles. The molecule has 0 bridgehead atoms. The fourth-order valence-corrected chi connectivity index (χ4v) is 7.31. The van der Waals surface area contributed by atoms with Gasteiger partial charge in [0.05, 0.1) is 22.1 Å². The fourth-order valence-electron chi connectivity index (χ4n) is 7.31. The van der Waals surface area contributed by atoms with Crippen LogP contribution in [0.25, 0.3) is 55.1 Å². The van der Waals surface area contributed by atoms with Gasteiger partial charge in [0.2, 0.25) is 0 Å². The Bertz CT molecular complexity index is 2780. The molecule has 0 fully saturated rings. The highest BCUT2D eigenvalue weighted by atomic mass is 15.2. The minimum absolute atomic E-state index is 0.300. The molecule has 0 amide bonds. The number of hydrogen-bond acceptors (Lipinski definition) is 4. The molecule has 0 radical (unpaired) electrons. The number of nitrogens with zero attached hydrogens (tertiary/aromatic N) is 5. The Morgan fingerprint density at radius 1 is 0.480 bits per heavy atom. The van der Waals surface area contributed by atoms with Crippen molar-refractivity contribution in [2.45, 2.75) is 6.17 Å². The van der Waals surface area contributed by atoms with Crippen LogP contribution in [0.15, 0.2) is 180 Å². The van der Waals surface area contributed by atoms with Crippen LogP contribution >= 0.6 is 0 Å². The molecule has 0 saturated carbocycles. The largest absolute Gasteiger partial charge is 0.343 e. The summed E-state index contributed by atoms with van der Waals surface area (Å²) < 4.78 is 4.65. The average Bonchev–Trinajstić information content (AvgIpc) is 3.70. The van der Waals surface area contributed by atoms with Crippen molar-refractivity contribution in [3.63, 3.8) is 0 Å². The van der Waals surface area contributed by atoms with Gasteiger partial charge in [0.1, 0.15) is 17.7 Å². The first kappa shape index (κ1) is 28.2. The third-order valence-corrected chi connectivity index (χ3v) is 9.58. The van der Waals surface area contributed by atoms with Crippen LogP contribution in [0.4, 0.5) is 0 Å². The Balaban J connectivity index is 1.18. The maximum atomic E-state index is 5.31. The number of aromatic nitrogens is 3. The van der Waals surface area contributed by atoms with E-state index in [4.69, 9.17) is 15.0 Å². The van der Waals surface area contributed by atoms with Crippen molar-refractivity contribution in [2.24, 2.45) is 9.98 Å². The molecule has 6 heteroatoms. The number of fused-ring (bicyclic) bond motifs is 6. The lowest BCUT2D eigenvalue weighted by Gasteiger charge is -2.23. The average molecular weight is 643 g/mol. The number of nitrogens with one attached hydrogen (secondary N) is 1. The molecule has 1 N–H and O–H groups in total. The van der Waals surface area contributed by atoms with E-state index in [1.165, 1.54) is 27.1 Å². The molecule has 1 aliphatic heterocycles. The van der Waals surface area contributed by atoms with Gasteiger partial charge in [0.25, 0.3) is 0 Å². The SMILES string of the molecule is c1ccc(C2=NC(c3ccccc3)NC(c3cccc(-n4c5ccccc5c5cc6c7ccccc7n(-c7ccccc7)c6cc54)n3)=N2)cc1. The zero-order valence-electron chi connectivity index (χ0n) is 27.0. The van der Waals surface area contributed by atoms with Crippen LogP contribution in [-0.4, -0.2) is 25.8 Å². The number of rotatable bonds is 5. The summed E-state index contributed by atoms with van der Waals surface area (Å²) in [5.41, 5.74) is 8.43. The molecule has 10 rings (SSSR count). The van der Waals surface area contributed by atoms with Crippen molar-refractivity contribution in [1.29, 1.82) is 0 Å². The van der Waals surface area contributed by atoms with Crippen molar-refractivity contribution in [2.75, 3.05) is 0 Å². The molecule has 3 aromatic heterocycles. The van der Waals surface area contributed by atoms with Crippen LogP contribution in [0, 0.1) is 0 Å². The minimum atomic E-state index is -0.300. The summed E-state index contributed by atoms with van der Waals surface area (Å²) in [7, 11) is 0. The van der Waals surface area contributed by atoms with Gasteiger partial charge < -0.3 is 9.88 Å². The van der Waals surface area contributed by atoms with Gasteiger partial charge in [-0.15, -0.1) is 0 Å². The van der Waals surface area contributed by atoms with Gasteiger partial charge >= 0.3 is 0 Å². The van der Waals surface area contributed by atoms with Crippen molar-refractivity contribution >= 4 is 55.3 Å². The highest BCUT2D eigenvalue weighted by Crippen LogP contribution is 2.39. The van der Waals surface area contributed by atoms with Crippen molar-refractivity contribution < 1.29 is 0 Å². The summed E-state index contributed by atoms with van der Waals surface area (Å²) >= 11 is 0. The van der Waals surface area contributed by atoms with E-state index in [2.05, 4.69) is 130 Å². The lowest BCUT2D eigenvalue weighted by molar-refractivity contribution is 0.672. The monoisotopic (exact) mass is 642 g/mol. The molecule has 50 heavy (non-hydrogen) atoms. The highest BCUT2D eigenvalue weighted by Gasteiger charge is 2.23. The molecule has 6 nitrogen and oxygen atoms in total. The molecule has 0 saturated heterocycles. The van der Waals surface area contributed by atoms with Crippen molar-refractivity contribution in [1.82, 2.24) is 19.4 Å². The standard InChI is InChI=1S/C44H30N6/c1-4-15-29(16-5-1)42-46-43(30-17-6-2-7-18-30)48-44(47-42)36-23-14-26-41(45-36)50-38-25-13-11-22-33(38)35-27-34-32-21-10-12-24-37(32)49(39(34)28-40(35)50)31-19-8-3-9-20-31/h1-28,42H,(H,46,47,48). The minimum Gasteiger partial charge on any atom is -0.343 e. The van der Waals surface area contributed by atoms with Gasteiger partial charge in [0, 0.05) is 32.8 Å². The Morgan fingerprint density at radius 2 is 1.08 bits per heavy atom. The van der Waals surface area contributed by atoms with Crippen LogP contribution < -0.4 is 5.32 Å². The van der Waals surface area contributed by atoms with E-state index in [0.29, 0.717) is 11.7 Å². The van der Waals surface area contributed by atoms with Gasteiger partial charge in [-0.1, -0.05) is 121 Å². The zero-order valence-corrected chi connectivity index (χ0v) is 27.0. The molecule has 236 valence electrons. The van der Waals surface area contributed by atoms with Gasteiger partial charge in [-0.05, 0) is 54.1 Å². The quantitative estimate of drug-likeness (QED) is 0.203. The molecular weight excluding hydrogens is 613 g/mol. The van der Waals surface area contributed by atoms with E-state index in [-0.39, 0.29) is 6.17 Å². The second-order valence-corrected chi connectivity index (χ2v) is 12.5. The first-order valence-corrected chi connectivity index (χ1v) is 16.8. The van der Waals surface area contributed by atoms with E-state index < -0.39 is 0 Å². The van der Waals surface area contributed by atoms with Gasteiger partial charge in [-0.2, -0.15) is 0 Å². The number of hydrogen-bond donors (Lipinski definition) is 1. The fraction of sp³-hybridized carbons (Fsp3) is 0.0227. The number of benzene rings is 6. The van der Waals surface area contributed by atoms with E-state index in [9.17, 15) is 0 Å². The number of aliphatic imine (C=N–C) groups is 2. The summed E-state index contributed by atoms with van der Waals surface area (Å²) in [6.07, 6.45) is -0.300. The van der Waals surface area contributed by atoms with E-state index >= 15 is 0 Å². The van der Waals surface area contributed by atoms with E-state index in [1.54, 1.807) is 0 Å². The Labute approximate surface area is 288 Å². The van der Waals surface area contributed by atoms with E-state index in [0.717, 1.165) is 44.9 Å². The van der Waals surface area contributed by atoms with Crippen LogP contribution in [0.2, 0.25) is 0 Å². The Morgan fingerprint density at radius 3 is 1.80 bits per heavy atom. The number of pyridine rings is 1. The van der Waals surface area contributed by atoms with Gasteiger partial charge in [-0.3, -0.25) is 4.57 Å². The predicted molar refractivity (Wildman–Crippen MR) is 205 cm³/mol. The third-order valence-electron chi connectivity index (χ3n) is 9.58. The summed E-state index contributed by atoms with van der Waals surface area (Å²) in [5, 5.41) is 8.41. The Hall–Kier alpha value is -6.79. The highest BCUT2D eigenvalue weighted by molar-refractivity contribution is 6.19. The van der Waals surface area contributed by atoms with Crippen molar-refractivity contribution in [3.05, 3.63) is 187 Å². The summed E-state index contributed by atoms with van der Waals surface area (Å²) in [5.74, 6) is 2.18. The molecule has 1 aliphatic rings. The number of para-hydroxylation sites is 3. The van der Waals surface area contributed by atoms with Crippen LogP contribution in [0.5, 0.6) is 0 Å². The molecular formula is C44H30N6. The maximum Gasteiger partial charge on any atom is 0.159 e. The molecule has 0 spiro atoms. The first-order valence-electron chi connectivity index (χ1n) is 16.8. The first-order chi connectivity index (χ1) is 24.8. The van der Waals surface area contributed by atoms with E-state index in [1.807, 2.05) is 54.6 Å². The van der Waals surface area contributed by atoms with Crippen molar-refractivity contribution in [3.8, 4) is 11.5 Å². The zero-order chi connectivity index (χ0) is 33.0. The number of amidine groups is 2. The lowest BCUT2D eigenvalue weighted by Crippen LogP contribution is -2.34. The molecule has 4 heterocycles. The summed E-state index contributed by atoms with van der Waals surface area (Å²) in [6, 6.07) is 59.1. The van der Waals surface area contributed by atoms with Crippen LogP contribution in [0.3, 0.4) is 0 Å². The van der Waals surface area contributed by atoms with Gasteiger partial charge in [0.15, 0.2) is 11.7 Å². The summed E-state index contributed by atoms with van der Waals surface area (Å²) in [6.45, 7) is 0. The smallest absolute Gasteiger partial charge is 0.159 e. The summed E-state index contributed by atoms with van der Waals surface area (Å²) in [4.78, 5) is 15.4. The lowest BCUT2D eigenvalue weighted by atomic mass is 10.1. The second kappa shape index (κ2) is 11.4. The third kappa shape index (κ3) is 4.54. The van der Waals surface area contributed by atoms with Crippen LogP contribution in [-0.2, 0) is 0 Å². The van der Waals surface area contributed by atoms with Crippen LogP contribution in [0.1, 0.15) is 23.0 Å². The maximum absolute atomic E-state index is 5.31.